The highest BCUT2D eigenvalue weighted by atomic mass is 14.9. The Labute approximate surface area is 57.0 Å². The fourth-order valence-electron chi connectivity index (χ4n) is 1.11. The van der Waals surface area contributed by atoms with Gasteiger partial charge in [0.2, 0.25) is 0 Å². The molecule has 0 aliphatic carbocycles. The molecular weight excluding hydrogens is 112 g/mol. The number of rotatable bonds is 0. The molecule has 1 rings (SSSR count). The summed E-state index contributed by atoms with van der Waals surface area (Å²) in [6.07, 6.45) is 2.53. The molecule has 1 atom stereocenters. The zero-order valence-electron chi connectivity index (χ0n) is 6.11. The van der Waals surface area contributed by atoms with Gasteiger partial charge < -0.3 is 10.6 Å². The summed E-state index contributed by atoms with van der Waals surface area (Å²) in [5.41, 5.74) is 0. The normalized spacial score (nSPS) is 31.0. The van der Waals surface area contributed by atoms with E-state index in [0.717, 1.165) is 0 Å². The Morgan fingerprint density at radius 1 is 1.22 bits per heavy atom. The minimum atomic E-state index is 0.706. The first-order valence-corrected chi connectivity index (χ1v) is 3.83. The summed E-state index contributed by atoms with van der Waals surface area (Å²) < 4.78 is 0. The maximum Gasteiger partial charge on any atom is 0.00508 e. The highest BCUT2D eigenvalue weighted by Crippen LogP contribution is 1.91. The van der Waals surface area contributed by atoms with Crippen LogP contribution in [0.4, 0.5) is 0 Å². The van der Waals surface area contributed by atoms with Crippen molar-refractivity contribution in [2.75, 3.05) is 19.6 Å². The molecule has 0 spiro atoms. The van der Waals surface area contributed by atoms with Gasteiger partial charge in [-0.3, -0.25) is 0 Å². The van der Waals surface area contributed by atoms with Crippen LogP contribution in [0.2, 0.25) is 0 Å². The minimum absolute atomic E-state index is 0.706. The third-order valence-corrected chi connectivity index (χ3v) is 1.78. The fraction of sp³-hybridized carbons (Fsp3) is 1.00. The van der Waals surface area contributed by atoms with Gasteiger partial charge in [-0.05, 0) is 39.4 Å². The van der Waals surface area contributed by atoms with Gasteiger partial charge in [0.05, 0.1) is 0 Å². The molecular formula is C7H16N2. The Hall–Kier alpha value is -0.0800. The Morgan fingerprint density at radius 3 is 3.00 bits per heavy atom. The molecule has 9 heavy (non-hydrogen) atoms. The third kappa shape index (κ3) is 2.82. The number of hydrogen-bond donors (Lipinski definition) is 2. The van der Waals surface area contributed by atoms with Crippen molar-refractivity contribution >= 4 is 0 Å². The van der Waals surface area contributed by atoms with Crippen LogP contribution in [0.25, 0.3) is 0 Å². The van der Waals surface area contributed by atoms with E-state index in [-0.39, 0.29) is 0 Å². The molecule has 2 heteroatoms. The summed E-state index contributed by atoms with van der Waals surface area (Å²) in [6.45, 7) is 5.77. The van der Waals surface area contributed by atoms with Crippen molar-refractivity contribution in [3.63, 3.8) is 0 Å². The monoisotopic (exact) mass is 128 g/mol. The molecule has 2 nitrogen and oxygen atoms in total. The first-order valence-electron chi connectivity index (χ1n) is 3.83. The number of hydrogen-bond acceptors (Lipinski definition) is 2. The van der Waals surface area contributed by atoms with Crippen molar-refractivity contribution in [3.05, 3.63) is 0 Å². The fourth-order valence-corrected chi connectivity index (χ4v) is 1.11. The van der Waals surface area contributed by atoms with Crippen LogP contribution in [0.3, 0.4) is 0 Å². The Balaban J connectivity index is 2.12. The molecule has 0 bridgehead atoms. The highest BCUT2D eigenvalue weighted by Gasteiger charge is 2.02. The topological polar surface area (TPSA) is 24.1 Å². The maximum absolute atomic E-state index is 3.44. The van der Waals surface area contributed by atoms with E-state index in [4.69, 9.17) is 0 Å². The van der Waals surface area contributed by atoms with Gasteiger partial charge in [0.15, 0.2) is 0 Å². The van der Waals surface area contributed by atoms with Crippen molar-refractivity contribution in [3.8, 4) is 0 Å². The molecule has 0 amide bonds. The molecule has 1 aliphatic heterocycles. The van der Waals surface area contributed by atoms with Crippen molar-refractivity contribution in [1.82, 2.24) is 10.6 Å². The summed E-state index contributed by atoms with van der Waals surface area (Å²) in [5, 5.41) is 6.82. The van der Waals surface area contributed by atoms with E-state index in [1.165, 1.54) is 32.5 Å². The molecule has 1 saturated heterocycles. The smallest absolute Gasteiger partial charge is 0.00508 e. The van der Waals surface area contributed by atoms with Crippen LogP contribution in [0.5, 0.6) is 0 Å². The summed E-state index contributed by atoms with van der Waals surface area (Å²) in [4.78, 5) is 0. The zero-order chi connectivity index (χ0) is 6.53. The van der Waals surface area contributed by atoms with Crippen molar-refractivity contribution in [2.24, 2.45) is 0 Å². The van der Waals surface area contributed by atoms with Crippen LogP contribution >= 0.6 is 0 Å². The lowest BCUT2D eigenvalue weighted by molar-refractivity contribution is 0.449. The van der Waals surface area contributed by atoms with Gasteiger partial charge in [-0.25, -0.2) is 0 Å². The summed E-state index contributed by atoms with van der Waals surface area (Å²) in [6, 6.07) is 0.706. The van der Waals surface area contributed by atoms with Gasteiger partial charge in [-0.1, -0.05) is 0 Å². The molecule has 0 aromatic carbocycles. The predicted octanol–water partition coefficient (Wildman–Crippen LogP) is 0.348. The number of nitrogens with one attached hydrogen (secondary N) is 2. The standard InChI is InChI=1S/C7H16N2/c1-7-3-6-8-4-2-5-9-7/h7-9H,2-6H2,1H3. The van der Waals surface area contributed by atoms with E-state index in [0.29, 0.717) is 6.04 Å². The van der Waals surface area contributed by atoms with Crippen LogP contribution in [0, 0.1) is 0 Å². The lowest BCUT2D eigenvalue weighted by Gasteiger charge is -2.17. The second kappa shape index (κ2) is 3.85. The van der Waals surface area contributed by atoms with Crippen LogP contribution in [0.15, 0.2) is 0 Å². The Kier molecular flexibility index (Phi) is 3.01. The Morgan fingerprint density at radius 2 is 2.11 bits per heavy atom. The van der Waals surface area contributed by atoms with Gasteiger partial charge in [0.25, 0.3) is 0 Å². The average molecular weight is 128 g/mol. The largest absolute Gasteiger partial charge is 0.317 e. The SMILES string of the molecule is CC1CCNCCCN1. The van der Waals surface area contributed by atoms with Gasteiger partial charge in [0.1, 0.15) is 0 Å². The first-order chi connectivity index (χ1) is 4.39. The van der Waals surface area contributed by atoms with Crippen LogP contribution in [0.1, 0.15) is 19.8 Å². The van der Waals surface area contributed by atoms with E-state index < -0.39 is 0 Å². The predicted molar refractivity (Wildman–Crippen MR) is 39.6 cm³/mol. The van der Waals surface area contributed by atoms with Gasteiger partial charge in [-0.2, -0.15) is 0 Å². The average Bonchev–Trinajstić information content (AvgIpc) is 1.79. The molecule has 1 fully saturated rings. The molecule has 0 saturated carbocycles. The molecule has 1 unspecified atom stereocenters. The third-order valence-electron chi connectivity index (χ3n) is 1.78. The Bertz CT molecular complexity index is 65.3. The van der Waals surface area contributed by atoms with Crippen LogP contribution in [-0.2, 0) is 0 Å². The molecule has 2 N–H and O–H groups in total. The van der Waals surface area contributed by atoms with Crippen molar-refractivity contribution in [2.45, 2.75) is 25.8 Å². The van der Waals surface area contributed by atoms with Gasteiger partial charge in [-0.15, -0.1) is 0 Å². The van der Waals surface area contributed by atoms with E-state index in [1.54, 1.807) is 0 Å². The molecule has 1 aliphatic rings. The van der Waals surface area contributed by atoms with Gasteiger partial charge >= 0.3 is 0 Å². The molecule has 0 aromatic heterocycles. The quantitative estimate of drug-likeness (QED) is 0.492. The van der Waals surface area contributed by atoms with Crippen LogP contribution in [-0.4, -0.2) is 25.7 Å². The van der Waals surface area contributed by atoms with E-state index in [9.17, 15) is 0 Å². The molecule has 0 aromatic rings. The maximum atomic E-state index is 3.44. The summed E-state index contributed by atoms with van der Waals surface area (Å²) in [7, 11) is 0. The van der Waals surface area contributed by atoms with E-state index >= 15 is 0 Å². The summed E-state index contributed by atoms with van der Waals surface area (Å²) >= 11 is 0. The summed E-state index contributed by atoms with van der Waals surface area (Å²) in [5.74, 6) is 0. The van der Waals surface area contributed by atoms with E-state index in [1.807, 2.05) is 0 Å². The zero-order valence-corrected chi connectivity index (χ0v) is 6.11. The second-order valence-electron chi connectivity index (χ2n) is 2.75. The minimum Gasteiger partial charge on any atom is -0.317 e. The first kappa shape index (κ1) is 7.03. The lowest BCUT2D eigenvalue weighted by Crippen LogP contribution is -2.35. The van der Waals surface area contributed by atoms with Crippen LogP contribution < -0.4 is 10.6 Å². The second-order valence-corrected chi connectivity index (χ2v) is 2.75. The lowest BCUT2D eigenvalue weighted by atomic mass is 10.2. The van der Waals surface area contributed by atoms with Gasteiger partial charge in [0, 0.05) is 6.04 Å². The molecule has 54 valence electrons. The molecule has 1 heterocycles. The van der Waals surface area contributed by atoms with Crippen molar-refractivity contribution < 1.29 is 0 Å². The highest BCUT2D eigenvalue weighted by molar-refractivity contribution is 4.65. The van der Waals surface area contributed by atoms with Crippen molar-refractivity contribution in [1.29, 1.82) is 0 Å². The van der Waals surface area contributed by atoms with E-state index in [2.05, 4.69) is 17.6 Å². The molecule has 0 radical (unpaired) electrons.